The molecule has 4 N–H and O–H groups in total. The van der Waals surface area contributed by atoms with Gasteiger partial charge in [0.05, 0.1) is 5.56 Å². The standard InChI is InChI=1S/C15H13ClN2O5S/c1-7(13(21)18-14-9(12(17)20)4-5-24-14)23-15(22)10-6-8(16)2-3-11(10)19/h2-7,19H,1H3,(H2,17,20)(H,18,21)/t7-/m1/s1. The number of ether oxygens (including phenoxy) is 1. The molecule has 0 aliphatic rings. The van der Waals surface area contributed by atoms with Crippen LogP contribution >= 0.6 is 22.9 Å². The zero-order chi connectivity index (χ0) is 17.9. The first-order valence-electron chi connectivity index (χ1n) is 6.67. The summed E-state index contributed by atoms with van der Waals surface area (Å²) in [5, 5.41) is 14.2. The second kappa shape index (κ2) is 7.33. The van der Waals surface area contributed by atoms with E-state index in [-0.39, 0.29) is 26.9 Å². The third kappa shape index (κ3) is 4.03. The molecule has 0 saturated carbocycles. The van der Waals surface area contributed by atoms with Crippen LogP contribution in [0, 0.1) is 0 Å². The van der Waals surface area contributed by atoms with Crippen molar-refractivity contribution >= 4 is 45.7 Å². The van der Waals surface area contributed by atoms with Gasteiger partial charge in [-0.2, -0.15) is 0 Å². The van der Waals surface area contributed by atoms with Gasteiger partial charge >= 0.3 is 5.97 Å². The highest BCUT2D eigenvalue weighted by molar-refractivity contribution is 7.14. The number of anilines is 1. The van der Waals surface area contributed by atoms with Crippen LogP contribution in [0.25, 0.3) is 0 Å². The molecule has 126 valence electrons. The molecule has 1 aromatic carbocycles. The lowest BCUT2D eigenvalue weighted by Gasteiger charge is -2.14. The first-order valence-corrected chi connectivity index (χ1v) is 7.93. The predicted molar refractivity (Wildman–Crippen MR) is 89.5 cm³/mol. The number of carbonyl (C=O) groups is 3. The van der Waals surface area contributed by atoms with Crippen LogP contribution in [-0.2, 0) is 9.53 Å². The van der Waals surface area contributed by atoms with Gasteiger partial charge in [0.15, 0.2) is 6.10 Å². The number of thiophene rings is 1. The topological polar surface area (TPSA) is 119 Å². The molecule has 0 aliphatic heterocycles. The highest BCUT2D eigenvalue weighted by Crippen LogP contribution is 2.24. The van der Waals surface area contributed by atoms with Crippen LogP contribution in [0.5, 0.6) is 5.75 Å². The zero-order valence-corrected chi connectivity index (χ0v) is 14.0. The maximum atomic E-state index is 12.1. The second-order valence-corrected chi connectivity index (χ2v) is 6.08. The Hall–Kier alpha value is -2.58. The molecule has 0 radical (unpaired) electrons. The maximum Gasteiger partial charge on any atom is 0.342 e. The van der Waals surface area contributed by atoms with Crippen LogP contribution in [0.1, 0.15) is 27.6 Å². The largest absolute Gasteiger partial charge is 0.507 e. The van der Waals surface area contributed by atoms with Gasteiger partial charge in [-0.1, -0.05) is 11.6 Å². The number of esters is 1. The number of nitrogens with two attached hydrogens (primary N) is 1. The van der Waals surface area contributed by atoms with E-state index in [0.29, 0.717) is 0 Å². The van der Waals surface area contributed by atoms with Gasteiger partial charge < -0.3 is 20.9 Å². The lowest BCUT2D eigenvalue weighted by atomic mass is 10.2. The zero-order valence-electron chi connectivity index (χ0n) is 12.4. The number of carbonyl (C=O) groups excluding carboxylic acids is 3. The van der Waals surface area contributed by atoms with E-state index >= 15 is 0 Å². The number of primary amides is 1. The van der Waals surface area contributed by atoms with Crippen LogP contribution in [0.2, 0.25) is 5.02 Å². The van der Waals surface area contributed by atoms with E-state index in [4.69, 9.17) is 22.1 Å². The summed E-state index contributed by atoms with van der Waals surface area (Å²) in [7, 11) is 0. The summed E-state index contributed by atoms with van der Waals surface area (Å²) >= 11 is 6.87. The van der Waals surface area contributed by atoms with Crippen molar-refractivity contribution in [2.45, 2.75) is 13.0 Å². The van der Waals surface area contributed by atoms with Crippen LogP contribution in [-0.4, -0.2) is 29.0 Å². The number of halogens is 1. The Balaban J connectivity index is 2.06. The first-order chi connectivity index (χ1) is 11.3. The van der Waals surface area contributed by atoms with Crippen LogP contribution in [0.4, 0.5) is 5.00 Å². The predicted octanol–water partition coefficient (Wildman–Crippen LogP) is 2.39. The lowest BCUT2D eigenvalue weighted by Crippen LogP contribution is -2.30. The Morgan fingerprint density at radius 2 is 2.00 bits per heavy atom. The molecular formula is C15H13ClN2O5S. The molecule has 7 nitrogen and oxygen atoms in total. The summed E-state index contributed by atoms with van der Waals surface area (Å²) in [4.78, 5) is 35.3. The molecule has 0 aliphatic carbocycles. The normalized spacial score (nSPS) is 11.6. The van der Waals surface area contributed by atoms with E-state index in [0.717, 1.165) is 11.3 Å². The summed E-state index contributed by atoms with van der Waals surface area (Å²) < 4.78 is 5.00. The summed E-state index contributed by atoms with van der Waals surface area (Å²) in [5.41, 5.74) is 5.20. The van der Waals surface area contributed by atoms with Gasteiger partial charge in [0.25, 0.3) is 11.8 Å². The Morgan fingerprint density at radius 3 is 2.67 bits per heavy atom. The number of benzene rings is 1. The maximum absolute atomic E-state index is 12.1. The molecule has 0 unspecified atom stereocenters. The molecule has 0 fully saturated rings. The Kier molecular flexibility index (Phi) is 5.42. The van der Waals surface area contributed by atoms with E-state index in [1.165, 1.54) is 31.2 Å². The fraction of sp³-hybridized carbons (Fsp3) is 0.133. The van der Waals surface area contributed by atoms with E-state index in [1.54, 1.807) is 5.38 Å². The number of phenolic OH excluding ortho intramolecular Hbond substituents is 1. The number of aromatic hydroxyl groups is 1. The number of hydrogen-bond acceptors (Lipinski definition) is 6. The molecular weight excluding hydrogens is 356 g/mol. The summed E-state index contributed by atoms with van der Waals surface area (Å²) in [5.74, 6) is -2.54. The minimum atomic E-state index is -1.17. The van der Waals surface area contributed by atoms with Crippen molar-refractivity contribution in [3.05, 3.63) is 45.8 Å². The van der Waals surface area contributed by atoms with E-state index < -0.39 is 23.9 Å². The number of hydrogen-bond donors (Lipinski definition) is 3. The van der Waals surface area contributed by atoms with Crippen molar-refractivity contribution in [3.8, 4) is 5.75 Å². The van der Waals surface area contributed by atoms with Gasteiger partial charge in [-0.3, -0.25) is 9.59 Å². The molecule has 2 aromatic rings. The van der Waals surface area contributed by atoms with Crippen LogP contribution < -0.4 is 11.1 Å². The van der Waals surface area contributed by atoms with Gasteiger partial charge in [0.2, 0.25) is 0 Å². The molecule has 2 amide bonds. The first kappa shape index (κ1) is 17.8. The van der Waals surface area contributed by atoms with Crippen molar-refractivity contribution in [1.29, 1.82) is 0 Å². The average molecular weight is 369 g/mol. The van der Waals surface area contributed by atoms with Crippen molar-refractivity contribution in [2.75, 3.05) is 5.32 Å². The smallest absolute Gasteiger partial charge is 0.342 e. The van der Waals surface area contributed by atoms with Crippen LogP contribution in [0.15, 0.2) is 29.6 Å². The Morgan fingerprint density at radius 1 is 1.29 bits per heavy atom. The summed E-state index contributed by atoms with van der Waals surface area (Å²) in [6, 6.07) is 5.36. The molecule has 1 atom stereocenters. The molecule has 9 heteroatoms. The number of amides is 2. The molecule has 2 rings (SSSR count). The minimum Gasteiger partial charge on any atom is -0.507 e. The van der Waals surface area contributed by atoms with Crippen molar-refractivity contribution in [1.82, 2.24) is 0 Å². The highest BCUT2D eigenvalue weighted by atomic mass is 35.5. The van der Waals surface area contributed by atoms with E-state index in [2.05, 4.69) is 5.32 Å². The Labute approximate surface area is 146 Å². The second-order valence-electron chi connectivity index (χ2n) is 4.73. The quantitative estimate of drug-likeness (QED) is 0.700. The van der Waals surface area contributed by atoms with Gasteiger partial charge in [0, 0.05) is 5.02 Å². The van der Waals surface area contributed by atoms with Gasteiger partial charge in [0.1, 0.15) is 16.3 Å². The number of phenols is 1. The van der Waals surface area contributed by atoms with Gasteiger partial charge in [-0.05, 0) is 36.6 Å². The summed E-state index contributed by atoms with van der Waals surface area (Å²) in [6.07, 6.45) is -1.17. The molecule has 0 saturated heterocycles. The molecule has 0 spiro atoms. The molecule has 1 heterocycles. The van der Waals surface area contributed by atoms with Gasteiger partial charge in [-0.25, -0.2) is 4.79 Å². The molecule has 0 bridgehead atoms. The van der Waals surface area contributed by atoms with Crippen molar-refractivity contribution in [3.63, 3.8) is 0 Å². The number of nitrogens with one attached hydrogen (secondary N) is 1. The minimum absolute atomic E-state index is 0.156. The van der Waals surface area contributed by atoms with Crippen LogP contribution in [0.3, 0.4) is 0 Å². The van der Waals surface area contributed by atoms with E-state index in [9.17, 15) is 19.5 Å². The third-order valence-electron chi connectivity index (χ3n) is 3.00. The third-order valence-corrected chi connectivity index (χ3v) is 4.06. The molecule has 1 aromatic heterocycles. The summed E-state index contributed by atoms with van der Waals surface area (Å²) in [6.45, 7) is 1.35. The van der Waals surface area contributed by atoms with Crippen molar-refractivity contribution < 1.29 is 24.2 Å². The van der Waals surface area contributed by atoms with Crippen molar-refractivity contribution in [2.24, 2.45) is 5.73 Å². The van der Waals surface area contributed by atoms with E-state index in [1.807, 2.05) is 0 Å². The van der Waals surface area contributed by atoms with Gasteiger partial charge in [-0.15, -0.1) is 11.3 Å². The number of rotatable bonds is 5. The SMILES string of the molecule is C[C@@H](OC(=O)c1cc(Cl)ccc1O)C(=O)Nc1sccc1C(N)=O. The monoisotopic (exact) mass is 368 g/mol. The fourth-order valence-corrected chi connectivity index (χ4v) is 2.73. The molecule has 24 heavy (non-hydrogen) atoms. The fourth-order valence-electron chi connectivity index (χ4n) is 1.76. The lowest BCUT2D eigenvalue weighted by molar-refractivity contribution is -0.123. The average Bonchev–Trinajstić information content (AvgIpc) is 2.97. The Bertz CT molecular complexity index is 805. The highest BCUT2D eigenvalue weighted by Gasteiger charge is 2.23.